The van der Waals surface area contributed by atoms with Gasteiger partial charge in [0, 0.05) is 10.0 Å². The molecule has 0 aliphatic rings. The third-order valence-corrected chi connectivity index (χ3v) is 3.71. The number of anilines is 1. The fourth-order valence-corrected chi connectivity index (χ4v) is 2.51. The number of benzene rings is 2. The molecule has 0 saturated heterocycles. The van der Waals surface area contributed by atoms with Crippen LogP contribution in [-0.2, 0) is 0 Å². The highest BCUT2D eigenvalue weighted by molar-refractivity contribution is 9.10. The summed E-state index contributed by atoms with van der Waals surface area (Å²) in [5.41, 5.74) is 6.25. The Hall–Kier alpha value is -1.50. The first kappa shape index (κ1) is 15.9. The van der Waals surface area contributed by atoms with Gasteiger partial charge in [0.1, 0.15) is 10.8 Å². The van der Waals surface area contributed by atoms with Crippen molar-refractivity contribution in [2.24, 2.45) is 5.73 Å². The topological polar surface area (TPSA) is 55.1 Å². The lowest BCUT2D eigenvalue weighted by Crippen LogP contribution is -2.19. The summed E-state index contributed by atoms with van der Waals surface area (Å²) < 4.78 is 14.5. The van der Waals surface area contributed by atoms with E-state index in [0.29, 0.717) is 11.3 Å². The summed E-state index contributed by atoms with van der Waals surface area (Å²) in [4.78, 5) is 12.3. The van der Waals surface area contributed by atoms with Gasteiger partial charge in [-0.2, -0.15) is 0 Å². The Kier molecular flexibility index (Phi) is 4.92. The number of carbonyl (C=O) groups is 1. The molecule has 0 spiro atoms. The van der Waals surface area contributed by atoms with Gasteiger partial charge in [-0.25, -0.2) is 4.39 Å². The minimum Gasteiger partial charge on any atom is -0.389 e. The van der Waals surface area contributed by atoms with Crippen LogP contribution < -0.4 is 11.1 Å². The van der Waals surface area contributed by atoms with Crippen molar-refractivity contribution in [2.75, 3.05) is 5.32 Å². The van der Waals surface area contributed by atoms with Crippen molar-refractivity contribution >= 4 is 56.3 Å². The van der Waals surface area contributed by atoms with Crippen LogP contribution >= 0.6 is 39.7 Å². The highest BCUT2D eigenvalue weighted by Gasteiger charge is 2.17. The lowest BCUT2D eigenvalue weighted by molar-refractivity contribution is 0.102. The number of rotatable bonds is 3. The molecule has 7 heteroatoms. The number of nitrogens with one attached hydrogen (secondary N) is 1. The van der Waals surface area contributed by atoms with E-state index in [9.17, 15) is 9.18 Å². The second-order valence-corrected chi connectivity index (χ2v) is 5.87. The fraction of sp³-hybridized carbons (Fsp3) is 0. The molecule has 2 rings (SSSR count). The van der Waals surface area contributed by atoms with Gasteiger partial charge in [0.25, 0.3) is 5.91 Å². The first-order chi connectivity index (χ1) is 9.90. The van der Waals surface area contributed by atoms with E-state index in [-0.39, 0.29) is 15.6 Å². The van der Waals surface area contributed by atoms with Gasteiger partial charge in [0.05, 0.1) is 16.3 Å². The van der Waals surface area contributed by atoms with Crippen molar-refractivity contribution in [3.05, 3.63) is 62.8 Å². The summed E-state index contributed by atoms with van der Waals surface area (Å²) in [5.74, 6) is -1.37. The third kappa shape index (κ3) is 3.58. The monoisotopic (exact) mass is 386 g/mol. The largest absolute Gasteiger partial charge is 0.389 e. The minimum atomic E-state index is -0.700. The maximum atomic E-state index is 13.7. The number of carbonyl (C=O) groups excluding carboxylic acids is 1. The molecule has 1 amide bonds. The van der Waals surface area contributed by atoms with Gasteiger partial charge in [0.2, 0.25) is 0 Å². The smallest absolute Gasteiger partial charge is 0.260 e. The Labute approximate surface area is 139 Å². The van der Waals surface area contributed by atoms with Crippen LogP contribution in [0.15, 0.2) is 40.9 Å². The maximum absolute atomic E-state index is 13.7. The molecule has 3 N–H and O–H groups in total. The highest BCUT2D eigenvalue weighted by Crippen LogP contribution is 2.24. The van der Waals surface area contributed by atoms with Gasteiger partial charge < -0.3 is 11.1 Å². The van der Waals surface area contributed by atoms with Gasteiger partial charge in [-0.3, -0.25) is 4.79 Å². The molecule has 0 aliphatic carbocycles. The molecule has 0 bridgehead atoms. The molecular weight excluding hydrogens is 379 g/mol. The van der Waals surface area contributed by atoms with E-state index < -0.39 is 11.7 Å². The Morgan fingerprint density at radius 1 is 1.33 bits per heavy atom. The molecule has 108 valence electrons. The van der Waals surface area contributed by atoms with Crippen LogP contribution in [-0.4, -0.2) is 10.9 Å². The molecule has 0 aliphatic heterocycles. The summed E-state index contributed by atoms with van der Waals surface area (Å²) >= 11 is 14.1. The van der Waals surface area contributed by atoms with Crippen molar-refractivity contribution < 1.29 is 9.18 Å². The molecule has 0 unspecified atom stereocenters. The molecule has 0 aromatic heterocycles. The summed E-state index contributed by atoms with van der Waals surface area (Å²) in [6.07, 6.45) is 0. The van der Waals surface area contributed by atoms with Gasteiger partial charge in [-0.05, 0) is 30.3 Å². The molecule has 0 heterocycles. The van der Waals surface area contributed by atoms with Crippen molar-refractivity contribution in [2.45, 2.75) is 0 Å². The molecular formula is C14H9BrClFN2OS. The van der Waals surface area contributed by atoms with Crippen LogP contribution in [0.2, 0.25) is 5.02 Å². The van der Waals surface area contributed by atoms with E-state index in [1.165, 1.54) is 12.1 Å². The SMILES string of the molecule is NC(=S)c1cc(Br)ccc1NC(=O)c1c(F)cccc1Cl. The van der Waals surface area contributed by atoms with Crippen molar-refractivity contribution in [1.82, 2.24) is 0 Å². The average molecular weight is 388 g/mol. The van der Waals surface area contributed by atoms with E-state index in [4.69, 9.17) is 29.6 Å². The third-order valence-electron chi connectivity index (χ3n) is 2.69. The second kappa shape index (κ2) is 6.51. The summed E-state index contributed by atoms with van der Waals surface area (Å²) in [5, 5.41) is 2.59. The molecule has 0 saturated carbocycles. The first-order valence-corrected chi connectivity index (χ1v) is 7.33. The van der Waals surface area contributed by atoms with E-state index in [1.54, 1.807) is 18.2 Å². The van der Waals surface area contributed by atoms with Crippen LogP contribution in [0.4, 0.5) is 10.1 Å². The maximum Gasteiger partial charge on any atom is 0.260 e. The highest BCUT2D eigenvalue weighted by atomic mass is 79.9. The predicted molar refractivity (Wildman–Crippen MR) is 89.4 cm³/mol. The van der Waals surface area contributed by atoms with Crippen LogP contribution in [0.3, 0.4) is 0 Å². The number of halogens is 3. The van der Waals surface area contributed by atoms with E-state index in [0.717, 1.165) is 10.5 Å². The number of thiocarbonyl (C=S) groups is 1. The molecule has 0 radical (unpaired) electrons. The summed E-state index contributed by atoms with van der Waals surface area (Å²) in [6, 6.07) is 9.02. The first-order valence-electron chi connectivity index (χ1n) is 5.75. The normalized spacial score (nSPS) is 10.2. The second-order valence-electron chi connectivity index (χ2n) is 4.10. The van der Waals surface area contributed by atoms with Crippen molar-refractivity contribution in [3.63, 3.8) is 0 Å². The predicted octanol–water partition coefficient (Wildman–Crippen LogP) is 4.13. The van der Waals surface area contributed by atoms with Crippen LogP contribution in [0, 0.1) is 5.82 Å². The van der Waals surface area contributed by atoms with Gasteiger partial charge >= 0.3 is 0 Å². The van der Waals surface area contributed by atoms with E-state index in [1.807, 2.05) is 0 Å². The summed E-state index contributed by atoms with van der Waals surface area (Å²) in [7, 11) is 0. The Morgan fingerprint density at radius 3 is 2.67 bits per heavy atom. The minimum absolute atomic E-state index is 0.0292. The van der Waals surface area contributed by atoms with Crippen molar-refractivity contribution in [1.29, 1.82) is 0 Å². The number of hydrogen-bond acceptors (Lipinski definition) is 2. The van der Waals surface area contributed by atoms with Gasteiger partial charge in [-0.1, -0.05) is 45.8 Å². The molecule has 3 nitrogen and oxygen atoms in total. The Balaban J connectivity index is 2.39. The Bertz CT molecular complexity index is 719. The quantitative estimate of drug-likeness (QED) is 0.779. The fourth-order valence-electron chi connectivity index (χ4n) is 1.73. The molecule has 0 fully saturated rings. The zero-order valence-corrected chi connectivity index (χ0v) is 13.7. The lowest BCUT2D eigenvalue weighted by Gasteiger charge is -2.12. The molecule has 0 atom stereocenters. The van der Waals surface area contributed by atoms with E-state index >= 15 is 0 Å². The van der Waals surface area contributed by atoms with Gasteiger partial charge in [-0.15, -0.1) is 0 Å². The standard InChI is InChI=1S/C14H9BrClFN2OS/c15-7-4-5-11(8(6-7)13(18)21)19-14(20)12-9(16)2-1-3-10(12)17/h1-6H,(H2,18,21)(H,19,20). The zero-order valence-electron chi connectivity index (χ0n) is 10.5. The average Bonchev–Trinajstić information content (AvgIpc) is 2.40. The lowest BCUT2D eigenvalue weighted by atomic mass is 10.1. The number of amides is 1. The number of hydrogen-bond donors (Lipinski definition) is 2. The zero-order chi connectivity index (χ0) is 15.6. The Morgan fingerprint density at radius 2 is 2.05 bits per heavy atom. The van der Waals surface area contributed by atoms with Crippen LogP contribution in [0.25, 0.3) is 0 Å². The molecule has 21 heavy (non-hydrogen) atoms. The molecule has 2 aromatic carbocycles. The number of nitrogens with two attached hydrogens (primary N) is 1. The van der Waals surface area contributed by atoms with Crippen molar-refractivity contribution in [3.8, 4) is 0 Å². The van der Waals surface area contributed by atoms with E-state index in [2.05, 4.69) is 21.2 Å². The molecule has 2 aromatic rings. The summed E-state index contributed by atoms with van der Waals surface area (Å²) in [6.45, 7) is 0. The van der Waals surface area contributed by atoms with Crippen LogP contribution in [0.1, 0.15) is 15.9 Å². The van der Waals surface area contributed by atoms with Crippen LogP contribution in [0.5, 0.6) is 0 Å². The van der Waals surface area contributed by atoms with Gasteiger partial charge in [0.15, 0.2) is 0 Å².